The molecule has 1 aromatic carbocycles. The van der Waals surface area contributed by atoms with Gasteiger partial charge in [-0.05, 0) is 28.9 Å². The van der Waals surface area contributed by atoms with Gasteiger partial charge in [0.2, 0.25) is 0 Å². The molecule has 0 saturated heterocycles. The number of carbonyl (C=O) groups is 1. The third kappa shape index (κ3) is 3.20. The molecule has 6 nitrogen and oxygen atoms in total. The lowest BCUT2D eigenvalue weighted by atomic mass is 10.2. The van der Waals surface area contributed by atoms with Crippen molar-refractivity contribution in [3.63, 3.8) is 0 Å². The summed E-state index contributed by atoms with van der Waals surface area (Å²) in [7, 11) is 0. The first kappa shape index (κ1) is 14.6. The molecule has 1 N–H and O–H groups in total. The van der Waals surface area contributed by atoms with Crippen molar-refractivity contribution in [1.82, 2.24) is 10.3 Å². The van der Waals surface area contributed by atoms with Gasteiger partial charge in [0.05, 0.1) is 16.5 Å². The van der Waals surface area contributed by atoms with Crippen molar-refractivity contribution in [3.8, 4) is 0 Å². The van der Waals surface area contributed by atoms with Crippen LogP contribution in [0.5, 0.6) is 0 Å². The zero-order valence-electron chi connectivity index (χ0n) is 10.4. The monoisotopic (exact) mass is 355 g/mol. The number of nitrogens with one attached hydrogen (secondary N) is 1. The number of carbonyl (C=O) groups excluding carboxylic acids is 1. The van der Waals surface area contributed by atoms with E-state index in [0.717, 1.165) is 5.01 Å². The standard InChI is InChI=1S/C12H10BrN3O3S/c1-7(12-14-4-5-20-12)15-11(17)9-6-8(16(18)19)2-3-10(9)13/h2-7H,1H3,(H,15,17). The summed E-state index contributed by atoms with van der Waals surface area (Å²) in [4.78, 5) is 26.5. The second-order valence-electron chi connectivity index (χ2n) is 3.99. The molecule has 0 spiro atoms. The van der Waals surface area contributed by atoms with E-state index in [1.54, 1.807) is 6.20 Å². The van der Waals surface area contributed by atoms with Gasteiger partial charge in [0.1, 0.15) is 5.01 Å². The van der Waals surface area contributed by atoms with Crippen molar-refractivity contribution >= 4 is 38.9 Å². The molecule has 0 aliphatic rings. The first-order valence-corrected chi connectivity index (χ1v) is 7.30. The summed E-state index contributed by atoms with van der Waals surface area (Å²) in [6.45, 7) is 1.81. The van der Waals surface area contributed by atoms with E-state index in [1.165, 1.54) is 29.5 Å². The minimum atomic E-state index is -0.534. The number of halogens is 1. The number of amides is 1. The van der Waals surface area contributed by atoms with Crippen molar-refractivity contribution in [3.05, 3.63) is 54.9 Å². The number of nitrogens with zero attached hydrogens (tertiary/aromatic N) is 2. The Morgan fingerprint density at radius 3 is 2.90 bits per heavy atom. The molecule has 1 aromatic heterocycles. The topological polar surface area (TPSA) is 85.1 Å². The Bertz CT molecular complexity index is 645. The van der Waals surface area contributed by atoms with Gasteiger partial charge in [-0.15, -0.1) is 11.3 Å². The van der Waals surface area contributed by atoms with Gasteiger partial charge >= 0.3 is 0 Å². The summed E-state index contributed by atoms with van der Waals surface area (Å²) in [5, 5.41) is 16.1. The van der Waals surface area contributed by atoms with Gasteiger partial charge in [0.25, 0.3) is 11.6 Å². The lowest BCUT2D eigenvalue weighted by Gasteiger charge is -2.12. The van der Waals surface area contributed by atoms with E-state index in [2.05, 4.69) is 26.2 Å². The van der Waals surface area contributed by atoms with Gasteiger partial charge in [-0.25, -0.2) is 4.98 Å². The first-order valence-electron chi connectivity index (χ1n) is 5.63. The molecule has 2 rings (SSSR count). The normalized spacial score (nSPS) is 11.9. The zero-order valence-corrected chi connectivity index (χ0v) is 12.8. The van der Waals surface area contributed by atoms with E-state index in [9.17, 15) is 14.9 Å². The van der Waals surface area contributed by atoms with Gasteiger partial charge in [-0.1, -0.05) is 0 Å². The van der Waals surface area contributed by atoms with Crippen LogP contribution in [0.3, 0.4) is 0 Å². The largest absolute Gasteiger partial charge is 0.343 e. The number of rotatable bonds is 4. The summed E-state index contributed by atoms with van der Waals surface area (Å²) in [5.74, 6) is -0.386. The Kier molecular flexibility index (Phi) is 4.46. The van der Waals surface area contributed by atoms with Crippen molar-refractivity contribution in [2.24, 2.45) is 0 Å². The molecule has 0 saturated carbocycles. The zero-order chi connectivity index (χ0) is 14.7. The van der Waals surface area contributed by atoms with Crippen LogP contribution < -0.4 is 5.32 Å². The Labute approximate surface area is 127 Å². The summed E-state index contributed by atoms with van der Waals surface area (Å²) >= 11 is 4.66. The fraction of sp³-hybridized carbons (Fsp3) is 0.167. The van der Waals surface area contributed by atoms with Crippen molar-refractivity contribution in [2.45, 2.75) is 13.0 Å². The number of aromatic nitrogens is 1. The number of hydrogen-bond acceptors (Lipinski definition) is 5. The molecule has 0 aliphatic heterocycles. The minimum Gasteiger partial charge on any atom is -0.343 e. The minimum absolute atomic E-state index is 0.125. The smallest absolute Gasteiger partial charge is 0.270 e. The molecule has 0 bridgehead atoms. The van der Waals surface area contributed by atoms with E-state index >= 15 is 0 Å². The van der Waals surface area contributed by atoms with E-state index < -0.39 is 4.92 Å². The maximum atomic E-state index is 12.2. The molecule has 1 unspecified atom stereocenters. The molecule has 0 fully saturated rings. The maximum absolute atomic E-state index is 12.2. The summed E-state index contributed by atoms with van der Waals surface area (Å²) in [6.07, 6.45) is 1.66. The van der Waals surface area contributed by atoms with Crippen molar-refractivity contribution in [2.75, 3.05) is 0 Å². The Morgan fingerprint density at radius 1 is 1.55 bits per heavy atom. The molecule has 1 amide bonds. The summed E-state index contributed by atoms with van der Waals surface area (Å²) < 4.78 is 0.506. The van der Waals surface area contributed by atoms with Gasteiger partial charge in [-0.3, -0.25) is 14.9 Å². The van der Waals surface area contributed by atoms with Gasteiger partial charge in [-0.2, -0.15) is 0 Å². The highest BCUT2D eigenvalue weighted by Gasteiger charge is 2.18. The van der Waals surface area contributed by atoms with E-state index in [1.807, 2.05) is 12.3 Å². The number of nitro benzene ring substituents is 1. The average molecular weight is 356 g/mol. The summed E-state index contributed by atoms with van der Waals surface area (Å²) in [6, 6.07) is 3.81. The van der Waals surface area contributed by atoms with Gasteiger partial charge in [0.15, 0.2) is 0 Å². The SMILES string of the molecule is CC(NC(=O)c1cc([N+](=O)[O-])ccc1Br)c1nccs1. The van der Waals surface area contributed by atoms with Gasteiger partial charge in [0, 0.05) is 28.2 Å². The quantitative estimate of drug-likeness (QED) is 0.673. The molecule has 104 valence electrons. The molecule has 20 heavy (non-hydrogen) atoms. The third-order valence-electron chi connectivity index (χ3n) is 2.57. The van der Waals surface area contributed by atoms with Crippen LogP contribution in [0.2, 0.25) is 0 Å². The van der Waals surface area contributed by atoms with Crippen LogP contribution in [0, 0.1) is 10.1 Å². The van der Waals surface area contributed by atoms with Crippen LogP contribution >= 0.6 is 27.3 Å². The van der Waals surface area contributed by atoms with Crippen LogP contribution in [0.15, 0.2) is 34.2 Å². The Balaban J connectivity index is 2.20. The number of non-ortho nitro benzene ring substituents is 1. The molecule has 0 radical (unpaired) electrons. The Morgan fingerprint density at radius 2 is 2.30 bits per heavy atom. The molecule has 2 aromatic rings. The fourth-order valence-electron chi connectivity index (χ4n) is 1.59. The van der Waals surface area contributed by atoms with Crippen LogP contribution in [-0.2, 0) is 0 Å². The number of thiazole rings is 1. The first-order chi connectivity index (χ1) is 9.49. The lowest BCUT2D eigenvalue weighted by Crippen LogP contribution is -2.26. The van der Waals surface area contributed by atoms with E-state index in [0.29, 0.717) is 4.47 Å². The van der Waals surface area contributed by atoms with Crippen LogP contribution in [0.4, 0.5) is 5.69 Å². The third-order valence-corrected chi connectivity index (χ3v) is 4.22. The second-order valence-corrected chi connectivity index (χ2v) is 5.77. The van der Waals surface area contributed by atoms with Gasteiger partial charge < -0.3 is 5.32 Å². The molecular weight excluding hydrogens is 346 g/mol. The molecule has 1 heterocycles. The predicted molar refractivity (Wildman–Crippen MR) is 78.8 cm³/mol. The van der Waals surface area contributed by atoms with Crippen molar-refractivity contribution < 1.29 is 9.72 Å². The second kappa shape index (κ2) is 6.10. The Hall–Kier alpha value is -1.80. The predicted octanol–water partition coefficient (Wildman–Crippen LogP) is 3.30. The molecule has 0 aliphatic carbocycles. The van der Waals surface area contributed by atoms with Crippen LogP contribution in [-0.4, -0.2) is 15.8 Å². The highest BCUT2D eigenvalue weighted by molar-refractivity contribution is 9.10. The molecular formula is C12H10BrN3O3S. The highest BCUT2D eigenvalue weighted by atomic mass is 79.9. The highest BCUT2D eigenvalue weighted by Crippen LogP contribution is 2.23. The number of benzene rings is 1. The number of hydrogen-bond donors (Lipinski definition) is 1. The fourth-order valence-corrected chi connectivity index (χ4v) is 2.66. The summed E-state index contributed by atoms with van der Waals surface area (Å²) in [5.41, 5.74) is 0.0999. The maximum Gasteiger partial charge on any atom is 0.270 e. The molecule has 8 heteroatoms. The van der Waals surface area contributed by atoms with E-state index in [4.69, 9.17) is 0 Å². The van der Waals surface area contributed by atoms with Crippen LogP contribution in [0.25, 0.3) is 0 Å². The lowest BCUT2D eigenvalue weighted by molar-refractivity contribution is -0.384. The molecule has 1 atom stereocenters. The van der Waals surface area contributed by atoms with Crippen LogP contribution in [0.1, 0.15) is 28.3 Å². The average Bonchev–Trinajstić information content (AvgIpc) is 2.92. The van der Waals surface area contributed by atoms with E-state index in [-0.39, 0.29) is 23.2 Å². The van der Waals surface area contributed by atoms with Crippen molar-refractivity contribution in [1.29, 1.82) is 0 Å². The number of nitro groups is 1.